The predicted molar refractivity (Wildman–Crippen MR) is 149 cm³/mol. The number of hydrogen-bond donors (Lipinski definition) is 0. The molecule has 0 bridgehead atoms. The molecule has 0 aliphatic rings. The highest BCUT2D eigenvalue weighted by atomic mass is 32.2. The van der Waals surface area contributed by atoms with Gasteiger partial charge in [-0.25, -0.2) is 14.6 Å². The molecule has 0 saturated heterocycles. The van der Waals surface area contributed by atoms with E-state index >= 15 is 0 Å². The molecule has 0 aliphatic carbocycles. The Morgan fingerprint density at radius 1 is 0.895 bits per heavy atom. The Kier molecular flexibility index (Phi) is 11.7. The second-order valence-electron chi connectivity index (χ2n) is 8.38. The molecule has 0 radical (unpaired) electrons. The molecule has 0 saturated carbocycles. The monoisotopic (exact) mass is 535 g/mol. The predicted octanol–water partition coefficient (Wildman–Crippen LogP) is 5.90. The van der Waals surface area contributed by atoms with Gasteiger partial charge in [-0.2, -0.15) is 11.8 Å². The topological polar surface area (TPSA) is 84.0 Å². The van der Waals surface area contributed by atoms with Gasteiger partial charge in [0, 0.05) is 17.6 Å². The quantitative estimate of drug-likeness (QED) is 0.143. The van der Waals surface area contributed by atoms with Crippen molar-refractivity contribution in [3.05, 3.63) is 94.8 Å². The molecule has 1 heterocycles. The summed E-state index contributed by atoms with van der Waals surface area (Å²) in [5.74, 6) is 2.04. The van der Waals surface area contributed by atoms with Crippen molar-refractivity contribution in [3.8, 4) is 11.5 Å². The van der Waals surface area contributed by atoms with Crippen molar-refractivity contribution < 1.29 is 28.5 Å². The summed E-state index contributed by atoms with van der Waals surface area (Å²) >= 11 is 1.68. The molecule has 0 fully saturated rings. The maximum Gasteiger partial charge on any atom is 0.337 e. The number of aryl methyl sites for hydroxylation is 1. The first-order valence-corrected chi connectivity index (χ1v) is 13.4. The largest absolute Gasteiger partial charge is 0.497 e. The first kappa shape index (κ1) is 28.8. The minimum atomic E-state index is -0.456. The number of esters is 2. The second-order valence-corrected chi connectivity index (χ2v) is 9.37. The first-order valence-electron chi connectivity index (χ1n) is 12.3. The zero-order valence-electron chi connectivity index (χ0n) is 22.0. The van der Waals surface area contributed by atoms with Crippen LogP contribution in [0.15, 0.2) is 66.7 Å². The van der Waals surface area contributed by atoms with Crippen molar-refractivity contribution >= 4 is 29.8 Å². The van der Waals surface area contributed by atoms with Crippen LogP contribution in [0.2, 0.25) is 0 Å². The standard InChI is InChI=1S/C30H33NO6S/c1-34-26-13-10-22(11-14-26)7-4-5-18-37-28-16-12-25(31-27(28)15-17-29(32)35-2)21-38-20-23-8-6-9-24(19-23)30(33)36-3/h6,8-17,19H,4-5,7,18,20-21H2,1-3H3/b17-15+. The Bertz CT molecular complexity index is 1230. The highest BCUT2D eigenvalue weighted by molar-refractivity contribution is 7.97. The third kappa shape index (κ3) is 9.27. The molecule has 7 nitrogen and oxygen atoms in total. The SMILES string of the molecule is COC(=O)/C=C/c1nc(CSCc2cccc(C(=O)OC)c2)ccc1OCCCCc1ccc(OC)cc1. The molecule has 1 aromatic heterocycles. The van der Waals surface area contributed by atoms with E-state index in [4.69, 9.17) is 23.9 Å². The van der Waals surface area contributed by atoms with Crippen molar-refractivity contribution in [3.63, 3.8) is 0 Å². The molecule has 3 rings (SSSR count). The Hall–Kier alpha value is -3.78. The van der Waals surface area contributed by atoms with Gasteiger partial charge in [-0.3, -0.25) is 0 Å². The number of carbonyl (C=O) groups is 2. The molecular formula is C30H33NO6S. The molecule has 200 valence electrons. The highest BCUT2D eigenvalue weighted by Crippen LogP contribution is 2.23. The zero-order valence-corrected chi connectivity index (χ0v) is 22.8. The van der Waals surface area contributed by atoms with Gasteiger partial charge in [0.05, 0.1) is 39.2 Å². The summed E-state index contributed by atoms with van der Waals surface area (Å²) in [6.45, 7) is 0.543. The molecule has 0 atom stereocenters. The maximum atomic E-state index is 11.8. The van der Waals surface area contributed by atoms with E-state index in [1.54, 1.807) is 31.0 Å². The van der Waals surface area contributed by atoms with Crippen molar-refractivity contribution in [2.24, 2.45) is 0 Å². The Balaban J connectivity index is 1.56. The summed E-state index contributed by atoms with van der Waals surface area (Å²) in [6, 6.07) is 19.3. The molecular weight excluding hydrogens is 502 g/mol. The number of ether oxygens (including phenoxy) is 4. The minimum Gasteiger partial charge on any atom is -0.497 e. The number of aromatic nitrogens is 1. The van der Waals surface area contributed by atoms with E-state index in [9.17, 15) is 9.59 Å². The minimum absolute atomic E-state index is 0.350. The molecule has 0 unspecified atom stereocenters. The van der Waals surface area contributed by atoms with Gasteiger partial charge in [0.1, 0.15) is 17.2 Å². The fourth-order valence-electron chi connectivity index (χ4n) is 3.63. The Morgan fingerprint density at radius 2 is 1.71 bits per heavy atom. The van der Waals surface area contributed by atoms with E-state index < -0.39 is 5.97 Å². The lowest BCUT2D eigenvalue weighted by atomic mass is 10.1. The lowest BCUT2D eigenvalue weighted by Crippen LogP contribution is -2.03. The van der Waals surface area contributed by atoms with Crippen LogP contribution in [-0.4, -0.2) is 44.9 Å². The molecule has 0 spiro atoms. The number of benzene rings is 2. The van der Waals surface area contributed by atoms with E-state index in [1.807, 2.05) is 42.5 Å². The smallest absolute Gasteiger partial charge is 0.337 e. The van der Waals surface area contributed by atoms with Crippen molar-refractivity contribution in [1.29, 1.82) is 0 Å². The summed E-state index contributed by atoms with van der Waals surface area (Å²) in [4.78, 5) is 28.1. The van der Waals surface area contributed by atoms with Crippen LogP contribution in [0.5, 0.6) is 11.5 Å². The van der Waals surface area contributed by atoms with Gasteiger partial charge in [-0.05, 0) is 72.9 Å². The molecule has 38 heavy (non-hydrogen) atoms. The van der Waals surface area contributed by atoms with Crippen LogP contribution >= 0.6 is 11.8 Å². The summed E-state index contributed by atoms with van der Waals surface area (Å²) < 4.78 is 20.7. The number of carbonyl (C=O) groups excluding carboxylic acids is 2. The van der Waals surface area contributed by atoms with Crippen LogP contribution in [0, 0.1) is 0 Å². The normalized spacial score (nSPS) is 10.8. The second kappa shape index (κ2) is 15.5. The lowest BCUT2D eigenvalue weighted by Gasteiger charge is -2.11. The Labute approximate surface area is 228 Å². The van der Waals surface area contributed by atoms with Crippen LogP contribution in [0.4, 0.5) is 0 Å². The van der Waals surface area contributed by atoms with Crippen molar-refractivity contribution in [2.45, 2.75) is 30.8 Å². The van der Waals surface area contributed by atoms with Gasteiger partial charge in [0.2, 0.25) is 0 Å². The van der Waals surface area contributed by atoms with Crippen LogP contribution in [0.25, 0.3) is 6.08 Å². The van der Waals surface area contributed by atoms with Crippen molar-refractivity contribution in [2.75, 3.05) is 27.9 Å². The third-order valence-corrected chi connectivity index (χ3v) is 6.70. The van der Waals surface area contributed by atoms with Crippen LogP contribution in [0.1, 0.15) is 45.7 Å². The summed E-state index contributed by atoms with van der Waals surface area (Å²) in [6.07, 6.45) is 5.79. The fraction of sp³-hybridized carbons (Fsp3) is 0.300. The molecule has 3 aromatic rings. The number of pyridine rings is 1. The maximum absolute atomic E-state index is 11.8. The summed E-state index contributed by atoms with van der Waals surface area (Å²) in [7, 11) is 4.37. The van der Waals surface area contributed by atoms with Gasteiger partial charge in [0.25, 0.3) is 0 Å². The van der Waals surface area contributed by atoms with E-state index in [0.717, 1.165) is 36.3 Å². The van der Waals surface area contributed by atoms with E-state index in [0.29, 0.717) is 35.1 Å². The first-order chi connectivity index (χ1) is 18.5. The summed E-state index contributed by atoms with van der Waals surface area (Å²) in [5, 5.41) is 0. The molecule has 0 amide bonds. The number of hydrogen-bond acceptors (Lipinski definition) is 8. The van der Waals surface area contributed by atoms with Gasteiger partial charge >= 0.3 is 11.9 Å². The van der Waals surface area contributed by atoms with E-state index in [2.05, 4.69) is 12.1 Å². The fourth-order valence-corrected chi connectivity index (χ4v) is 4.51. The van der Waals surface area contributed by atoms with E-state index in [1.165, 1.54) is 25.9 Å². The summed E-state index contributed by atoms with van der Waals surface area (Å²) in [5.41, 5.74) is 4.25. The van der Waals surface area contributed by atoms with Crippen LogP contribution < -0.4 is 9.47 Å². The van der Waals surface area contributed by atoms with Crippen LogP contribution in [0.3, 0.4) is 0 Å². The zero-order chi connectivity index (χ0) is 27.2. The molecule has 2 aromatic carbocycles. The number of rotatable bonds is 14. The van der Waals surface area contributed by atoms with Gasteiger partial charge in [0.15, 0.2) is 0 Å². The van der Waals surface area contributed by atoms with Gasteiger partial charge < -0.3 is 18.9 Å². The average molecular weight is 536 g/mol. The van der Waals surface area contributed by atoms with Crippen molar-refractivity contribution in [1.82, 2.24) is 4.98 Å². The van der Waals surface area contributed by atoms with Gasteiger partial charge in [-0.1, -0.05) is 24.3 Å². The number of thioether (sulfide) groups is 1. The average Bonchev–Trinajstić information content (AvgIpc) is 2.96. The third-order valence-electron chi connectivity index (χ3n) is 5.67. The lowest BCUT2D eigenvalue weighted by molar-refractivity contribution is -0.134. The van der Waals surface area contributed by atoms with E-state index in [-0.39, 0.29) is 5.97 Å². The molecule has 0 N–H and O–H groups in total. The molecule has 8 heteroatoms. The number of methoxy groups -OCH3 is 3. The Morgan fingerprint density at radius 3 is 2.45 bits per heavy atom. The number of unbranched alkanes of at least 4 members (excludes halogenated alkanes) is 1. The van der Waals surface area contributed by atoms with Crippen LogP contribution in [-0.2, 0) is 32.2 Å². The number of nitrogens with zero attached hydrogens (tertiary/aromatic N) is 1. The highest BCUT2D eigenvalue weighted by Gasteiger charge is 2.09. The molecule has 0 aliphatic heterocycles. The van der Waals surface area contributed by atoms with Gasteiger partial charge in [-0.15, -0.1) is 0 Å².